The van der Waals surface area contributed by atoms with Crippen LogP contribution >= 0.6 is 0 Å². The van der Waals surface area contributed by atoms with Crippen molar-refractivity contribution in [2.45, 2.75) is 53.5 Å². The molecule has 1 aromatic heterocycles. The van der Waals surface area contributed by atoms with E-state index >= 15 is 0 Å². The Morgan fingerprint density at radius 1 is 0.947 bits per heavy atom. The number of hydrogen-bond acceptors (Lipinski definition) is 5. The van der Waals surface area contributed by atoms with Gasteiger partial charge in [-0.15, -0.1) is 10.2 Å². The third-order valence-electron chi connectivity index (χ3n) is 6.63. The average molecular weight is 512 g/mol. The Labute approximate surface area is 224 Å². The molecule has 0 saturated heterocycles. The van der Waals surface area contributed by atoms with E-state index in [-0.39, 0.29) is 6.03 Å². The molecule has 0 bridgehead atoms. The molecule has 8 nitrogen and oxygen atoms in total. The highest BCUT2D eigenvalue weighted by Gasteiger charge is 2.22. The molecule has 0 saturated carbocycles. The van der Waals surface area contributed by atoms with Crippen LogP contribution < -0.4 is 15.5 Å². The Bertz CT molecular complexity index is 1330. The molecule has 8 heteroatoms. The van der Waals surface area contributed by atoms with Crippen molar-refractivity contribution in [2.24, 2.45) is 5.92 Å². The molecule has 38 heavy (non-hydrogen) atoms. The number of nitrogens with one attached hydrogen (secondary N) is 3. The van der Waals surface area contributed by atoms with Crippen LogP contribution in [0.1, 0.15) is 46.1 Å². The Morgan fingerprint density at radius 2 is 1.66 bits per heavy atom. The average Bonchev–Trinajstić information content (AvgIpc) is 3.45. The fourth-order valence-electron chi connectivity index (χ4n) is 4.75. The van der Waals surface area contributed by atoms with E-state index in [2.05, 4.69) is 76.0 Å². The Hall–Kier alpha value is -4.20. The summed E-state index contributed by atoms with van der Waals surface area (Å²) in [5.41, 5.74) is 6.42. The molecule has 198 valence electrons. The van der Waals surface area contributed by atoms with Gasteiger partial charge >= 0.3 is 6.03 Å². The van der Waals surface area contributed by atoms with Gasteiger partial charge in [0.25, 0.3) is 0 Å². The second-order valence-corrected chi connectivity index (χ2v) is 9.97. The Morgan fingerprint density at radius 3 is 2.29 bits per heavy atom. The van der Waals surface area contributed by atoms with Gasteiger partial charge in [0.2, 0.25) is 5.82 Å². The van der Waals surface area contributed by atoms with E-state index in [1.54, 1.807) is 0 Å². The summed E-state index contributed by atoms with van der Waals surface area (Å²) < 4.78 is 0. The molecule has 0 fully saturated rings. The predicted molar refractivity (Wildman–Crippen MR) is 155 cm³/mol. The topological polar surface area (TPSA) is 98.8 Å². The van der Waals surface area contributed by atoms with E-state index < -0.39 is 0 Å². The lowest BCUT2D eigenvalue weighted by molar-refractivity contribution is 0.262. The predicted octanol–water partition coefficient (Wildman–Crippen LogP) is 7.14. The van der Waals surface area contributed by atoms with Crippen LogP contribution in [-0.2, 0) is 0 Å². The number of amides is 2. The minimum atomic E-state index is -0.284. The summed E-state index contributed by atoms with van der Waals surface area (Å²) in [6.45, 7) is 11.8. The first-order valence-electron chi connectivity index (χ1n) is 13.3. The number of aromatic nitrogens is 4. The molecule has 0 radical (unpaired) electrons. The number of H-pyrrole nitrogens is 1. The van der Waals surface area contributed by atoms with E-state index in [9.17, 15) is 4.79 Å². The van der Waals surface area contributed by atoms with Gasteiger partial charge in [0.05, 0.1) is 11.4 Å². The van der Waals surface area contributed by atoms with Gasteiger partial charge in [-0.2, -0.15) is 5.21 Å². The standard InChI is InChI=1S/C30H37N7O/c1-6-24(7-2)37(19-20(3)4)28-17-14-22(25-10-8-9-11-26(25)29-33-35-36-34-29)18-27(28)32-30(38)31-23-15-12-21(5)13-16-23/h8-18,20,24H,6-7,19H2,1-5H3,(H2,31,32,38)(H,33,34,35,36). The molecule has 0 spiro atoms. The summed E-state index contributed by atoms with van der Waals surface area (Å²) in [4.78, 5) is 15.6. The quantitative estimate of drug-likeness (QED) is 0.210. The molecule has 4 rings (SSSR count). The maximum atomic E-state index is 13.2. The van der Waals surface area contributed by atoms with Crippen LogP contribution in [0.4, 0.5) is 21.9 Å². The minimum absolute atomic E-state index is 0.284. The first-order chi connectivity index (χ1) is 18.4. The van der Waals surface area contributed by atoms with E-state index in [4.69, 9.17) is 0 Å². The largest absolute Gasteiger partial charge is 0.367 e. The smallest absolute Gasteiger partial charge is 0.323 e. The molecule has 1 heterocycles. The number of anilines is 3. The maximum Gasteiger partial charge on any atom is 0.323 e. The number of carbonyl (C=O) groups is 1. The Balaban J connectivity index is 1.77. The maximum absolute atomic E-state index is 13.2. The molecule has 0 aliphatic rings. The van der Waals surface area contributed by atoms with Crippen LogP contribution in [-0.4, -0.2) is 39.2 Å². The number of rotatable bonds is 10. The molecular formula is C30H37N7O. The number of hydrogen-bond donors (Lipinski definition) is 3. The SMILES string of the molecule is CCC(CC)N(CC(C)C)c1ccc(-c2ccccc2-c2nn[nH]n2)cc1NC(=O)Nc1ccc(C)cc1. The lowest BCUT2D eigenvalue weighted by atomic mass is 9.97. The molecule has 0 aliphatic heterocycles. The third-order valence-corrected chi connectivity index (χ3v) is 6.63. The summed E-state index contributed by atoms with van der Waals surface area (Å²) in [6, 6.07) is 22.0. The number of aryl methyl sites for hydroxylation is 1. The van der Waals surface area contributed by atoms with Crippen molar-refractivity contribution in [1.29, 1.82) is 0 Å². The molecular weight excluding hydrogens is 474 g/mol. The van der Waals surface area contributed by atoms with Crippen LogP contribution in [0.5, 0.6) is 0 Å². The Kier molecular flexibility index (Phi) is 8.73. The summed E-state index contributed by atoms with van der Waals surface area (Å²) >= 11 is 0. The van der Waals surface area contributed by atoms with Gasteiger partial charge in [-0.1, -0.05) is 75.7 Å². The fourth-order valence-corrected chi connectivity index (χ4v) is 4.75. The summed E-state index contributed by atoms with van der Waals surface area (Å²) in [6.07, 6.45) is 2.03. The number of nitrogens with zero attached hydrogens (tertiary/aromatic N) is 4. The minimum Gasteiger partial charge on any atom is -0.367 e. The molecule has 0 atom stereocenters. The fraction of sp³-hybridized carbons (Fsp3) is 0.333. The van der Waals surface area contributed by atoms with E-state index in [0.29, 0.717) is 17.8 Å². The first-order valence-corrected chi connectivity index (χ1v) is 13.3. The van der Waals surface area contributed by atoms with Crippen LogP contribution in [0.25, 0.3) is 22.5 Å². The zero-order valence-corrected chi connectivity index (χ0v) is 22.8. The van der Waals surface area contributed by atoms with Crippen molar-refractivity contribution >= 4 is 23.1 Å². The zero-order chi connectivity index (χ0) is 27.1. The monoisotopic (exact) mass is 511 g/mol. The van der Waals surface area contributed by atoms with Crippen molar-refractivity contribution in [3.8, 4) is 22.5 Å². The number of urea groups is 1. The van der Waals surface area contributed by atoms with E-state index in [1.807, 2.05) is 61.5 Å². The summed E-state index contributed by atoms with van der Waals surface area (Å²) in [5, 5.41) is 20.8. The lowest BCUT2D eigenvalue weighted by Gasteiger charge is -2.35. The zero-order valence-electron chi connectivity index (χ0n) is 22.8. The molecule has 2 amide bonds. The highest BCUT2D eigenvalue weighted by molar-refractivity contribution is 6.02. The van der Waals surface area contributed by atoms with Crippen LogP contribution in [0.3, 0.4) is 0 Å². The molecule has 4 aromatic rings. The van der Waals surface area contributed by atoms with Gasteiger partial charge < -0.3 is 15.5 Å². The van der Waals surface area contributed by atoms with Crippen molar-refractivity contribution in [1.82, 2.24) is 20.6 Å². The van der Waals surface area contributed by atoms with Crippen LogP contribution in [0.2, 0.25) is 0 Å². The highest BCUT2D eigenvalue weighted by atomic mass is 16.2. The second-order valence-electron chi connectivity index (χ2n) is 9.97. The van der Waals surface area contributed by atoms with Crippen molar-refractivity contribution in [3.05, 3.63) is 72.3 Å². The molecule has 3 aromatic carbocycles. The molecule has 3 N–H and O–H groups in total. The highest BCUT2D eigenvalue weighted by Crippen LogP contribution is 2.37. The first kappa shape index (κ1) is 26.9. The normalized spacial score (nSPS) is 11.1. The number of aromatic amines is 1. The third kappa shape index (κ3) is 6.37. The van der Waals surface area contributed by atoms with Gasteiger partial charge in [0.1, 0.15) is 0 Å². The number of carbonyl (C=O) groups excluding carboxylic acids is 1. The van der Waals surface area contributed by atoms with Crippen molar-refractivity contribution < 1.29 is 4.79 Å². The number of benzene rings is 3. The summed E-state index contributed by atoms with van der Waals surface area (Å²) in [5.74, 6) is 0.984. The van der Waals surface area contributed by atoms with E-state index in [1.165, 1.54) is 0 Å². The van der Waals surface area contributed by atoms with Gasteiger partial charge in [-0.3, -0.25) is 0 Å². The van der Waals surface area contributed by atoms with Crippen LogP contribution in [0.15, 0.2) is 66.7 Å². The van der Waals surface area contributed by atoms with Gasteiger partial charge in [-0.05, 0) is 66.3 Å². The number of tetrazole rings is 1. The van der Waals surface area contributed by atoms with Crippen molar-refractivity contribution in [2.75, 3.05) is 22.1 Å². The van der Waals surface area contributed by atoms with E-state index in [0.717, 1.165) is 58.7 Å². The van der Waals surface area contributed by atoms with Gasteiger partial charge in [0.15, 0.2) is 0 Å². The van der Waals surface area contributed by atoms with Gasteiger partial charge in [-0.25, -0.2) is 4.79 Å². The van der Waals surface area contributed by atoms with Gasteiger partial charge in [0, 0.05) is 23.8 Å². The van der Waals surface area contributed by atoms with Crippen LogP contribution in [0, 0.1) is 12.8 Å². The van der Waals surface area contributed by atoms with Crippen molar-refractivity contribution in [3.63, 3.8) is 0 Å². The molecule has 0 unspecified atom stereocenters. The molecule has 0 aliphatic carbocycles. The second kappa shape index (κ2) is 12.4. The summed E-state index contributed by atoms with van der Waals surface area (Å²) in [7, 11) is 0. The lowest BCUT2D eigenvalue weighted by Crippen LogP contribution is -2.38.